The van der Waals surface area contributed by atoms with Gasteiger partial charge in [0.25, 0.3) is 0 Å². The van der Waals surface area contributed by atoms with Crippen molar-refractivity contribution < 1.29 is 17.9 Å². The van der Waals surface area contributed by atoms with Gasteiger partial charge in [-0.05, 0) is 77.9 Å². The molecule has 0 aliphatic carbocycles. The van der Waals surface area contributed by atoms with Crippen LogP contribution in [0.1, 0.15) is 36.0 Å². The highest BCUT2D eigenvalue weighted by molar-refractivity contribution is 7.92. The number of ether oxygens (including phenoxy) is 1. The third-order valence-corrected chi connectivity index (χ3v) is 7.45. The molecule has 1 aromatic heterocycles. The molecule has 6 nitrogen and oxygen atoms in total. The molecule has 8 heteroatoms. The van der Waals surface area contributed by atoms with Gasteiger partial charge in [0.2, 0.25) is 15.9 Å². The van der Waals surface area contributed by atoms with Crippen molar-refractivity contribution in [2.75, 3.05) is 11.0 Å². The molecule has 0 radical (unpaired) electrons. The van der Waals surface area contributed by atoms with E-state index in [1.807, 2.05) is 49.4 Å². The van der Waals surface area contributed by atoms with Crippen molar-refractivity contribution in [2.24, 2.45) is 5.73 Å². The SMILES string of the molecule is CC#C[C@@H](CC(N)=O)c1ccc(OCc2ccc3scc(-c4cc(NS(C)(=O)=O)ccc4C)c3c2)cc1. The molecular formula is C29H28N2O4S2. The van der Waals surface area contributed by atoms with Gasteiger partial charge in [0.05, 0.1) is 12.2 Å². The van der Waals surface area contributed by atoms with Gasteiger partial charge in [0.15, 0.2) is 0 Å². The molecule has 4 rings (SSSR count). The molecular weight excluding hydrogens is 504 g/mol. The Bertz CT molecular complexity index is 1610. The highest BCUT2D eigenvalue weighted by Gasteiger charge is 2.14. The topological polar surface area (TPSA) is 98.5 Å². The van der Waals surface area contributed by atoms with Crippen molar-refractivity contribution in [2.45, 2.75) is 32.8 Å². The molecule has 4 aromatic rings. The number of aryl methyl sites for hydroxylation is 1. The molecule has 0 saturated carbocycles. The first kappa shape index (κ1) is 26.3. The zero-order valence-corrected chi connectivity index (χ0v) is 22.5. The van der Waals surface area contributed by atoms with Gasteiger partial charge in [-0.2, -0.15) is 0 Å². The minimum atomic E-state index is -3.37. The van der Waals surface area contributed by atoms with Crippen molar-refractivity contribution in [1.82, 2.24) is 0 Å². The zero-order chi connectivity index (χ0) is 26.6. The number of rotatable bonds is 9. The number of primary amides is 1. The maximum atomic E-state index is 11.7. The summed E-state index contributed by atoms with van der Waals surface area (Å²) in [7, 11) is -3.37. The second-order valence-electron chi connectivity index (χ2n) is 8.86. The minimum Gasteiger partial charge on any atom is -0.489 e. The summed E-state index contributed by atoms with van der Waals surface area (Å²) in [6.45, 7) is 4.14. The van der Waals surface area contributed by atoms with E-state index in [9.17, 15) is 13.2 Å². The van der Waals surface area contributed by atoms with Gasteiger partial charge < -0.3 is 10.5 Å². The number of fused-ring (bicyclic) bond motifs is 1. The van der Waals surface area contributed by atoms with Crippen LogP contribution in [-0.4, -0.2) is 20.6 Å². The van der Waals surface area contributed by atoms with Crippen molar-refractivity contribution in [3.8, 4) is 28.7 Å². The summed E-state index contributed by atoms with van der Waals surface area (Å²) < 4.78 is 33.1. The number of nitrogens with one attached hydrogen (secondary N) is 1. The van der Waals surface area contributed by atoms with Gasteiger partial charge >= 0.3 is 0 Å². The van der Waals surface area contributed by atoms with E-state index in [1.165, 1.54) is 0 Å². The molecule has 0 saturated heterocycles. The number of thiophene rings is 1. The second kappa shape index (κ2) is 11.1. The first-order valence-electron chi connectivity index (χ1n) is 11.6. The molecule has 0 aliphatic heterocycles. The van der Waals surface area contributed by atoms with Crippen LogP contribution in [0.2, 0.25) is 0 Å². The Morgan fingerprint density at radius 3 is 2.51 bits per heavy atom. The van der Waals surface area contributed by atoms with Gasteiger partial charge in [0.1, 0.15) is 12.4 Å². The molecule has 3 aromatic carbocycles. The van der Waals surface area contributed by atoms with Gasteiger partial charge in [-0.3, -0.25) is 9.52 Å². The van der Waals surface area contributed by atoms with Crippen molar-refractivity contribution in [3.05, 3.63) is 82.7 Å². The minimum absolute atomic E-state index is 0.177. The zero-order valence-electron chi connectivity index (χ0n) is 20.9. The predicted octanol–water partition coefficient (Wildman–Crippen LogP) is 5.81. The van der Waals surface area contributed by atoms with E-state index in [0.29, 0.717) is 18.0 Å². The number of hydrogen-bond acceptors (Lipinski definition) is 5. The third-order valence-electron chi connectivity index (χ3n) is 5.88. The molecule has 0 aliphatic rings. The van der Waals surface area contributed by atoms with Gasteiger partial charge in [-0.1, -0.05) is 30.2 Å². The number of nitrogens with two attached hydrogens (primary N) is 1. The van der Waals surface area contributed by atoms with E-state index in [0.717, 1.165) is 44.2 Å². The van der Waals surface area contributed by atoms with Crippen LogP contribution in [0, 0.1) is 18.8 Å². The summed E-state index contributed by atoms with van der Waals surface area (Å²) in [5, 5.41) is 3.19. The van der Waals surface area contributed by atoms with E-state index in [4.69, 9.17) is 10.5 Å². The average molecular weight is 533 g/mol. The Morgan fingerprint density at radius 1 is 1.08 bits per heavy atom. The molecule has 1 heterocycles. The number of hydrogen-bond donors (Lipinski definition) is 2. The first-order valence-corrected chi connectivity index (χ1v) is 14.4. The lowest BCUT2D eigenvalue weighted by Crippen LogP contribution is -2.14. The van der Waals surface area contributed by atoms with Gasteiger partial charge in [-0.15, -0.1) is 17.3 Å². The molecule has 37 heavy (non-hydrogen) atoms. The number of amides is 1. The van der Waals surface area contributed by atoms with E-state index < -0.39 is 10.0 Å². The second-order valence-corrected chi connectivity index (χ2v) is 11.5. The number of benzene rings is 3. The Labute approximate surface area is 221 Å². The maximum Gasteiger partial charge on any atom is 0.229 e. The number of carbonyl (C=O) groups is 1. The highest BCUT2D eigenvalue weighted by Crippen LogP contribution is 2.37. The molecule has 190 valence electrons. The smallest absolute Gasteiger partial charge is 0.229 e. The lowest BCUT2D eigenvalue weighted by atomic mass is 9.96. The predicted molar refractivity (Wildman–Crippen MR) is 151 cm³/mol. The van der Waals surface area contributed by atoms with Crippen LogP contribution in [0.25, 0.3) is 21.2 Å². The summed E-state index contributed by atoms with van der Waals surface area (Å²) >= 11 is 1.65. The van der Waals surface area contributed by atoms with Gasteiger partial charge in [-0.25, -0.2) is 8.42 Å². The molecule has 0 unspecified atom stereocenters. The van der Waals surface area contributed by atoms with Crippen molar-refractivity contribution in [3.63, 3.8) is 0 Å². The lowest BCUT2D eigenvalue weighted by molar-refractivity contribution is -0.118. The van der Waals surface area contributed by atoms with Crippen LogP contribution in [0.15, 0.2) is 66.0 Å². The third kappa shape index (κ3) is 6.70. The summed E-state index contributed by atoms with van der Waals surface area (Å²) in [5.74, 6) is 5.99. The molecule has 3 N–H and O–H groups in total. The van der Waals surface area contributed by atoms with Crippen LogP contribution >= 0.6 is 11.3 Å². The summed E-state index contributed by atoms with van der Waals surface area (Å²) in [5.41, 5.74) is 10.9. The maximum absolute atomic E-state index is 11.7. The fourth-order valence-corrected chi connectivity index (χ4v) is 5.65. The highest BCUT2D eigenvalue weighted by atomic mass is 32.2. The standard InChI is InChI=1S/C29H28N2O4S2/c1-4-5-22(15-29(30)32)21-8-11-24(12-9-21)35-17-20-7-13-28-26(14-20)27(18-36-28)25-16-23(10-6-19(25)2)31-37(3,33)34/h6-14,16,18,22,31H,15,17H2,1-3H3,(H2,30,32)/t22-/m0/s1. The van der Waals surface area contributed by atoms with Crippen LogP contribution in [0.4, 0.5) is 5.69 Å². The molecule has 1 amide bonds. The van der Waals surface area contributed by atoms with E-state index in [2.05, 4.69) is 34.1 Å². The summed E-state index contributed by atoms with van der Waals surface area (Å²) in [6, 6.07) is 19.4. The van der Waals surface area contributed by atoms with E-state index in [-0.39, 0.29) is 18.2 Å². The number of sulfonamides is 1. The van der Waals surface area contributed by atoms with E-state index >= 15 is 0 Å². The molecule has 1 atom stereocenters. The van der Waals surface area contributed by atoms with Crippen molar-refractivity contribution >= 4 is 43.0 Å². The molecule has 0 bridgehead atoms. The summed E-state index contributed by atoms with van der Waals surface area (Å²) in [4.78, 5) is 11.4. The lowest BCUT2D eigenvalue weighted by Gasteiger charge is -2.12. The Balaban J connectivity index is 1.54. The number of carbonyl (C=O) groups excluding carboxylic acids is 1. The van der Waals surface area contributed by atoms with Crippen LogP contribution in [0.5, 0.6) is 5.75 Å². The Kier molecular flexibility index (Phi) is 7.86. The Morgan fingerprint density at radius 2 is 1.84 bits per heavy atom. The Hall–Kier alpha value is -3.80. The van der Waals surface area contributed by atoms with Gasteiger partial charge in [0, 0.05) is 27.8 Å². The van der Waals surface area contributed by atoms with Crippen LogP contribution in [-0.2, 0) is 21.4 Å². The normalized spacial score (nSPS) is 12.0. The number of anilines is 1. The monoisotopic (exact) mass is 532 g/mol. The fourth-order valence-electron chi connectivity index (χ4n) is 4.16. The van der Waals surface area contributed by atoms with E-state index in [1.54, 1.807) is 24.3 Å². The summed E-state index contributed by atoms with van der Waals surface area (Å²) in [6.07, 6.45) is 1.32. The first-order chi connectivity index (χ1) is 17.6. The molecule has 0 spiro atoms. The van der Waals surface area contributed by atoms with Crippen molar-refractivity contribution in [1.29, 1.82) is 0 Å². The average Bonchev–Trinajstić information content (AvgIpc) is 3.26. The van der Waals surface area contributed by atoms with Crippen LogP contribution < -0.4 is 15.2 Å². The largest absolute Gasteiger partial charge is 0.489 e. The fraction of sp³-hybridized carbons (Fsp3) is 0.207. The molecule has 0 fully saturated rings. The van der Waals surface area contributed by atoms with Crippen LogP contribution in [0.3, 0.4) is 0 Å². The quantitative estimate of drug-likeness (QED) is 0.266.